The molecule has 3 N–H and O–H groups in total. The molecular formula is C13H16BrN3O. The maximum absolute atomic E-state index is 5.98. The third-order valence-corrected chi connectivity index (χ3v) is 3.18. The first-order chi connectivity index (χ1) is 8.72. The SMILES string of the molecule is COCCCNc1c(N)cnc2ccc(Br)cc12. The van der Waals surface area contributed by atoms with Crippen LogP contribution in [0, 0.1) is 0 Å². The second-order valence-electron chi connectivity index (χ2n) is 4.02. The zero-order valence-corrected chi connectivity index (χ0v) is 11.8. The number of hydrogen-bond donors (Lipinski definition) is 2. The highest BCUT2D eigenvalue weighted by Gasteiger charge is 2.06. The number of pyridine rings is 1. The Bertz CT molecular complexity index is 540. The van der Waals surface area contributed by atoms with Gasteiger partial charge in [0.05, 0.1) is 23.1 Å². The number of nitrogens with two attached hydrogens (primary N) is 1. The molecule has 0 radical (unpaired) electrons. The van der Waals surface area contributed by atoms with Gasteiger partial charge in [-0.1, -0.05) is 15.9 Å². The minimum absolute atomic E-state index is 0.665. The quantitative estimate of drug-likeness (QED) is 0.833. The Morgan fingerprint density at radius 2 is 2.28 bits per heavy atom. The van der Waals surface area contributed by atoms with Crippen LogP contribution >= 0.6 is 15.9 Å². The number of rotatable bonds is 5. The summed E-state index contributed by atoms with van der Waals surface area (Å²) in [5.74, 6) is 0. The minimum Gasteiger partial charge on any atom is -0.396 e. The van der Waals surface area contributed by atoms with Gasteiger partial charge in [-0.2, -0.15) is 0 Å². The molecule has 0 atom stereocenters. The molecule has 0 bridgehead atoms. The molecule has 0 aliphatic heterocycles. The number of benzene rings is 1. The molecule has 1 heterocycles. The van der Waals surface area contributed by atoms with Gasteiger partial charge >= 0.3 is 0 Å². The lowest BCUT2D eigenvalue weighted by molar-refractivity contribution is 0.198. The minimum atomic E-state index is 0.665. The smallest absolute Gasteiger partial charge is 0.0743 e. The average molecular weight is 310 g/mol. The number of hydrogen-bond acceptors (Lipinski definition) is 4. The van der Waals surface area contributed by atoms with Crippen molar-refractivity contribution in [1.82, 2.24) is 4.98 Å². The Morgan fingerprint density at radius 1 is 1.44 bits per heavy atom. The summed E-state index contributed by atoms with van der Waals surface area (Å²) in [6.45, 7) is 1.56. The van der Waals surface area contributed by atoms with Gasteiger partial charge in [-0.15, -0.1) is 0 Å². The summed E-state index contributed by atoms with van der Waals surface area (Å²) < 4.78 is 6.04. The van der Waals surface area contributed by atoms with Gasteiger partial charge in [-0.3, -0.25) is 4.98 Å². The van der Waals surface area contributed by atoms with Crippen LogP contribution in [0.4, 0.5) is 11.4 Å². The van der Waals surface area contributed by atoms with E-state index in [-0.39, 0.29) is 0 Å². The van der Waals surface area contributed by atoms with E-state index in [0.717, 1.165) is 40.6 Å². The Morgan fingerprint density at radius 3 is 3.06 bits per heavy atom. The molecule has 18 heavy (non-hydrogen) atoms. The van der Waals surface area contributed by atoms with E-state index < -0.39 is 0 Å². The average Bonchev–Trinajstić information content (AvgIpc) is 2.36. The fraction of sp³-hybridized carbons (Fsp3) is 0.308. The first-order valence-electron chi connectivity index (χ1n) is 5.79. The van der Waals surface area contributed by atoms with Crippen LogP contribution in [0.2, 0.25) is 0 Å². The lowest BCUT2D eigenvalue weighted by atomic mass is 10.1. The molecule has 0 saturated carbocycles. The number of ether oxygens (including phenoxy) is 1. The van der Waals surface area contributed by atoms with Crippen molar-refractivity contribution in [3.63, 3.8) is 0 Å². The summed E-state index contributed by atoms with van der Waals surface area (Å²) in [6, 6.07) is 5.97. The van der Waals surface area contributed by atoms with Crippen molar-refractivity contribution in [1.29, 1.82) is 0 Å². The number of anilines is 2. The van der Waals surface area contributed by atoms with E-state index in [2.05, 4.69) is 26.2 Å². The van der Waals surface area contributed by atoms with Crippen LogP contribution in [0.3, 0.4) is 0 Å². The van der Waals surface area contributed by atoms with Crippen molar-refractivity contribution in [2.45, 2.75) is 6.42 Å². The molecule has 96 valence electrons. The number of fused-ring (bicyclic) bond motifs is 1. The molecule has 0 fully saturated rings. The van der Waals surface area contributed by atoms with Crippen LogP contribution in [-0.4, -0.2) is 25.2 Å². The van der Waals surface area contributed by atoms with Gasteiger partial charge in [-0.05, 0) is 24.6 Å². The molecule has 0 unspecified atom stereocenters. The van der Waals surface area contributed by atoms with Crippen molar-refractivity contribution in [2.24, 2.45) is 0 Å². The van der Waals surface area contributed by atoms with E-state index in [1.54, 1.807) is 13.3 Å². The summed E-state index contributed by atoms with van der Waals surface area (Å²) in [5, 5.41) is 4.38. The van der Waals surface area contributed by atoms with Crippen molar-refractivity contribution in [3.8, 4) is 0 Å². The molecule has 0 aliphatic rings. The second-order valence-corrected chi connectivity index (χ2v) is 4.94. The predicted molar refractivity (Wildman–Crippen MR) is 78.8 cm³/mol. The van der Waals surface area contributed by atoms with Crippen molar-refractivity contribution < 1.29 is 4.74 Å². The molecule has 0 aliphatic carbocycles. The normalized spacial score (nSPS) is 10.8. The fourth-order valence-electron chi connectivity index (χ4n) is 1.81. The highest BCUT2D eigenvalue weighted by atomic mass is 79.9. The largest absolute Gasteiger partial charge is 0.396 e. The number of methoxy groups -OCH3 is 1. The lowest BCUT2D eigenvalue weighted by Crippen LogP contribution is -2.07. The van der Waals surface area contributed by atoms with Crippen LogP contribution < -0.4 is 11.1 Å². The Balaban J connectivity index is 2.29. The monoisotopic (exact) mass is 309 g/mol. The van der Waals surface area contributed by atoms with Gasteiger partial charge in [0, 0.05) is 30.1 Å². The van der Waals surface area contributed by atoms with Crippen molar-refractivity contribution in [2.75, 3.05) is 31.3 Å². The summed E-state index contributed by atoms with van der Waals surface area (Å²) >= 11 is 3.47. The molecular weight excluding hydrogens is 294 g/mol. The van der Waals surface area contributed by atoms with Gasteiger partial charge < -0.3 is 15.8 Å². The number of nitrogens with one attached hydrogen (secondary N) is 1. The third kappa shape index (κ3) is 2.91. The Hall–Kier alpha value is -1.33. The van der Waals surface area contributed by atoms with E-state index in [4.69, 9.17) is 10.5 Å². The maximum atomic E-state index is 5.98. The van der Waals surface area contributed by atoms with E-state index in [0.29, 0.717) is 5.69 Å². The first-order valence-corrected chi connectivity index (χ1v) is 6.58. The molecule has 1 aromatic carbocycles. The highest BCUT2D eigenvalue weighted by molar-refractivity contribution is 9.10. The van der Waals surface area contributed by atoms with Gasteiger partial charge in [0.25, 0.3) is 0 Å². The molecule has 1 aromatic heterocycles. The zero-order chi connectivity index (χ0) is 13.0. The molecule has 0 saturated heterocycles. The van der Waals surface area contributed by atoms with Crippen molar-refractivity contribution >= 4 is 38.2 Å². The summed E-state index contributed by atoms with van der Waals surface area (Å²) in [4.78, 5) is 4.32. The molecule has 0 spiro atoms. The van der Waals surface area contributed by atoms with Crippen LogP contribution in [-0.2, 0) is 4.74 Å². The topological polar surface area (TPSA) is 60.2 Å². The van der Waals surface area contributed by atoms with Crippen LogP contribution in [0.25, 0.3) is 10.9 Å². The molecule has 4 nitrogen and oxygen atoms in total. The standard InChI is InChI=1S/C13H16BrN3O/c1-18-6-2-5-16-13-10-7-9(14)3-4-12(10)17-8-11(13)15/h3-4,7-8H,2,5-6,15H2,1H3,(H,16,17). The Labute approximate surface area is 115 Å². The number of nitrogen functional groups attached to an aromatic ring is 1. The summed E-state index contributed by atoms with van der Waals surface area (Å²) in [6.07, 6.45) is 2.63. The van der Waals surface area contributed by atoms with Gasteiger partial charge in [0.15, 0.2) is 0 Å². The Kier molecular flexibility index (Phi) is 4.38. The van der Waals surface area contributed by atoms with E-state index in [9.17, 15) is 0 Å². The lowest BCUT2D eigenvalue weighted by Gasteiger charge is -2.12. The van der Waals surface area contributed by atoms with Crippen LogP contribution in [0.1, 0.15) is 6.42 Å². The number of halogens is 1. The van der Waals surface area contributed by atoms with E-state index in [1.807, 2.05) is 18.2 Å². The predicted octanol–water partition coefficient (Wildman–Crippen LogP) is 3.03. The number of nitrogens with zero attached hydrogens (tertiary/aromatic N) is 1. The van der Waals surface area contributed by atoms with E-state index >= 15 is 0 Å². The maximum Gasteiger partial charge on any atom is 0.0743 e. The fourth-order valence-corrected chi connectivity index (χ4v) is 2.17. The van der Waals surface area contributed by atoms with Gasteiger partial charge in [0.1, 0.15) is 0 Å². The van der Waals surface area contributed by atoms with Crippen molar-refractivity contribution in [3.05, 3.63) is 28.9 Å². The summed E-state index contributed by atoms with van der Waals surface area (Å²) in [5.41, 5.74) is 8.52. The van der Waals surface area contributed by atoms with Crippen LogP contribution in [0.5, 0.6) is 0 Å². The molecule has 0 amide bonds. The summed E-state index contributed by atoms with van der Waals surface area (Å²) in [7, 11) is 1.70. The molecule has 2 rings (SSSR count). The molecule has 2 aromatic rings. The highest BCUT2D eigenvalue weighted by Crippen LogP contribution is 2.29. The zero-order valence-electron chi connectivity index (χ0n) is 10.2. The van der Waals surface area contributed by atoms with Gasteiger partial charge in [0.2, 0.25) is 0 Å². The number of aromatic nitrogens is 1. The third-order valence-electron chi connectivity index (χ3n) is 2.69. The second kappa shape index (κ2) is 6.02. The first kappa shape index (κ1) is 13.1. The molecule has 5 heteroatoms. The van der Waals surface area contributed by atoms with Gasteiger partial charge in [-0.25, -0.2) is 0 Å². The van der Waals surface area contributed by atoms with Crippen LogP contribution in [0.15, 0.2) is 28.9 Å². The van der Waals surface area contributed by atoms with E-state index in [1.165, 1.54) is 0 Å².